The number of rotatable bonds is 7. The van der Waals surface area contributed by atoms with Crippen LogP contribution in [0.1, 0.15) is 18.2 Å². The van der Waals surface area contributed by atoms with E-state index in [4.69, 9.17) is 4.74 Å². The molecule has 7 heteroatoms. The molecular formula is C17H17NO4S2. The molecule has 0 N–H and O–H groups in total. The summed E-state index contributed by atoms with van der Waals surface area (Å²) in [6.45, 7) is 1.77. The summed E-state index contributed by atoms with van der Waals surface area (Å²) in [6.07, 6.45) is -0.153. The highest BCUT2D eigenvalue weighted by Crippen LogP contribution is 2.34. The average Bonchev–Trinajstić information content (AvgIpc) is 3.12. The summed E-state index contributed by atoms with van der Waals surface area (Å²) in [5, 5.41) is 11.4. The fourth-order valence-electron chi connectivity index (χ4n) is 2.29. The number of esters is 1. The van der Waals surface area contributed by atoms with Crippen LogP contribution in [-0.2, 0) is 24.8 Å². The quantitative estimate of drug-likeness (QED) is 0.706. The first-order valence-corrected chi connectivity index (χ1v) is 9.90. The second kappa shape index (κ2) is 7.60. The first-order chi connectivity index (χ1) is 11.5. The molecular weight excluding hydrogens is 346 g/mol. The number of nitriles is 1. The number of nitrogens with zero attached hydrogens (tertiary/aromatic N) is 1. The third kappa shape index (κ3) is 3.66. The van der Waals surface area contributed by atoms with E-state index < -0.39 is 21.2 Å². The predicted molar refractivity (Wildman–Crippen MR) is 91.4 cm³/mol. The zero-order chi connectivity index (χ0) is 17.6. The van der Waals surface area contributed by atoms with Gasteiger partial charge < -0.3 is 4.74 Å². The van der Waals surface area contributed by atoms with Gasteiger partial charge in [0.15, 0.2) is 15.3 Å². The number of hydrogen-bond acceptors (Lipinski definition) is 6. The monoisotopic (exact) mass is 363 g/mol. The van der Waals surface area contributed by atoms with Gasteiger partial charge in [-0.2, -0.15) is 5.26 Å². The minimum Gasteiger partial charge on any atom is -0.465 e. The predicted octanol–water partition coefficient (Wildman–Crippen LogP) is 2.94. The van der Waals surface area contributed by atoms with Crippen LogP contribution in [0, 0.1) is 11.3 Å². The van der Waals surface area contributed by atoms with Crippen molar-refractivity contribution in [3.8, 4) is 6.07 Å². The molecule has 0 fully saturated rings. The van der Waals surface area contributed by atoms with Crippen LogP contribution >= 0.6 is 11.3 Å². The largest absolute Gasteiger partial charge is 0.465 e. The molecule has 5 nitrogen and oxygen atoms in total. The van der Waals surface area contributed by atoms with E-state index in [-0.39, 0.29) is 23.7 Å². The summed E-state index contributed by atoms with van der Waals surface area (Å²) in [5.41, 5.74) is -1.61. The summed E-state index contributed by atoms with van der Waals surface area (Å²) < 4.78 is 30.0. The molecule has 0 unspecified atom stereocenters. The third-order valence-electron chi connectivity index (χ3n) is 3.60. The minimum atomic E-state index is -3.60. The SMILES string of the molecule is CCOC(=O)[C@](C#N)(CCS(=O)(=O)c1ccccc1)c1cccs1. The smallest absolute Gasteiger partial charge is 0.331 e. The lowest BCUT2D eigenvalue weighted by molar-refractivity contribution is -0.147. The second-order valence-electron chi connectivity index (χ2n) is 5.10. The van der Waals surface area contributed by atoms with Gasteiger partial charge in [-0.15, -0.1) is 11.3 Å². The first-order valence-electron chi connectivity index (χ1n) is 7.36. The van der Waals surface area contributed by atoms with Gasteiger partial charge in [0, 0.05) is 4.88 Å². The summed E-state index contributed by atoms with van der Waals surface area (Å²) in [5.74, 6) is -1.03. The molecule has 0 aliphatic carbocycles. The zero-order valence-corrected chi connectivity index (χ0v) is 14.8. The van der Waals surface area contributed by atoms with Gasteiger partial charge in [-0.05, 0) is 36.9 Å². The van der Waals surface area contributed by atoms with Gasteiger partial charge in [0.25, 0.3) is 0 Å². The molecule has 0 spiro atoms. The van der Waals surface area contributed by atoms with Crippen LogP contribution < -0.4 is 0 Å². The fraction of sp³-hybridized carbons (Fsp3) is 0.294. The van der Waals surface area contributed by atoms with Gasteiger partial charge in [-0.3, -0.25) is 0 Å². The van der Waals surface area contributed by atoms with Gasteiger partial charge >= 0.3 is 5.97 Å². The Kier molecular flexibility index (Phi) is 5.75. The Morgan fingerprint density at radius 3 is 2.50 bits per heavy atom. The molecule has 126 valence electrons. The zero-order valence-electron chi connectivity index (χ0n) is 13.1. The van der Waals surface area contributed by atoms with Crippen molar-refractivity contribution < 1.29 is 17.9 Å². The summed E-state index contributed by atoms with van der Waals surface area (Å²) in [7, 11) is -3.60. The molecule has 1 aromatic heterocycles. The lowest BCUT2D eigenvalue weighted by Crippen LogP contribution is -2.37. The normalized spacial score (nSPS) is 13.7. The number of carbonyl (C=O) groups excluding carboxylic acids is 1. The van der Waals surface area contributed by atoms with Gasteiger partial charge in [0.2, 0.25) is 0 Å². The molecule has 0 aliphatic rings. The van der Waals surface area contributed by atoms with E-state index in [1.165, 1.54) is 23.5 Å². The summed E-state index contributed by atoms with van der Waals surface area (Å²) >= 11 is 1.24. The Labute approximate surface area is 145 Å². The molecule has 0 bridgehead atoms. The Hall–Kier alpha value is -2.17. The molecule has 0 radical (unpaired) electrons. The van der Waals surface area contributed by atoms with Crippen LogP contribution in [0.3, 0.4) is 0 Å². The standard InChI is InChI=1S/C17H17NO4S2/c1-2-22-16(19)17(13-18,15-9-6-11-23-15)10-12-24(20,21)14-7-4-3-5-8-14/h3-9,11H,2,10,12H2,1H3/t17-/m0/s1. The van der Waals surface area contributed by atoms with E-state index in [9.17, 15) is 18.5 Å². The molecule has 1 atom stereocenters. The van der Waals surface area contributed by atoms with Crippen LogP contribution in [0.25, 0.3) is 0 Å². The highest BCUT2D eigenvalue weighted by Gasteiger charge is 2.44. The topological polar surface area (TPSA) is 84.2 Å². The molecule has 0 saturated carbocycles. The van der Waals surface area contributed by atoms with E-state index in [0.717, 1.165) is 0 Å². The van der Waals surface area contributed by atoms with E-state index in [2.05, 4.69) is 0 Å². The highest BCUT2D eigenvalue weighted by molar-refractivity contribution is 7.91. The maximum Gasteiger partial charge on any atom is 0.331 e. The van der Waals surface area contributed by atoms with Gasteiger partial charge in [0.05, 0.1) is 23.3 Å². The second-order valence-corrected chi connectivity index (χ2v) is 8.15. The van der Waals surface area contributed by atoms with Crippen molar-refractivity contribution in [2.45, 2.75) is 23.7 Å². The van der Waals surface area contributed by atoms with Gasteiger partial charge in [-0.25, -0.2) is 13.2 Å². The number of hydrogen-bond donors (Lipinski definition) is 0. The Balaban J connectivity index is 2.33. The molecule has 0 aliphatic heterocycles. The van der Waals surface area contributed by atoms with E-state index in [1.807, 2.05) is 6.07 Å². The van der Waals surface area contributed by atoms with Crippen molar-refractivity contribution in [1.29, 1.82) is 5.26 Å². The lowest BCUT2D eigenvalue weighted by Gasteiger charge is -2.23. The molecule has 1 heterocycles. The number of thiophene rings is 1. The Bertz CT molecular complexity index is 823. The van der Waals surface area contributed by atoms with Crippen molar-refractivity contribution in [2.75, 3.05) is 12.4 Å². The molecule has 0 amide bonds. The molecule has 2 aromatic rings. The summed E-state index contributed by atoms with van der Waals surface area (Å²) in [4.78, 5) is 13.1. The van der Waals surface area contributed by atoms with E-state index in [0.29, 0.717) is 4.88 Å². The van der Waals surface area contributed by atoms with Crippen molar-refractivity contribution >= 4 is 27.1 Å². The highest BCUT2D eigenvalue weighted by atomic mass is 32.2. The Morgan fingerprint density at radius 2 is 1.96 bits per heavy atom. The third-order valence-corrected chi connectivity index (χ3v) is 6.37. The fourth-order valence-corrected chi connectivity index (χ4v) is 4.57. The molecule has 24 heavy (non-hydrogen) atoms. The van der Waals surface area contributed by atoms with Crippen LogP contribution in [0.4, 0.5) is 0 Å². The Morgan fingerprint density at radius 1 is 1.25 bits per heavy atom. The van der Waals surface area contributed by atoms with Crippen molar-refractivity contribution in [3.63, 3.8) is 0 Å². The van der Waals surface area contributed by atoms with Crippen molar-refractivity contribution in [1.82, 2.24) is 0 Å². The maximum absolute atomic E-state index is 12.5. The number of carbonyl (C=O) groups is 1. The van der Waals surface area contributed by atoms with Gasteiger partial charge in [0.1, 0.15) is 0 Å². The minimum absolute atomic E-state index is 0.124. The average molecular weight is 363 g/mol. The van der Waals surface area contributed by atoms with Crippen molar-refractivity contribution in [2.24, 2.45) is 0 Å². The van der Waals surface area contributed by atoms with Crippen LogP contribution in [0.15, 0.2) is 52.7 Å². The molecule has 0 saturated heterocycles. The number of sulfone groups is 1. The van der Waals surface area contributed by atoms with Gasteiger partial charge in [-0.1, -0.05) is 24.3 Å². The number of ether oxygens (including phenoxy) is 1. The van der Waals surface area contributed by atoms with Crippen LogP contribution in [0.5, 0.6) is 0 Å². The molecule has 2 rings (SSSR count). The molecule has 1 aromatic carbocycles. The number of benzene rings is 1. The lowest BCUT2D eigenvalue weighted by atomic mass is 9.85. The maximum atomic E-state index is 12.5. The first kappa shape index (κ1) is 18.2. The van der Waals surface area contributed by atoms with Crippen molar-refractivity contribution in [3.05, 3.63) is 52.7 Å². The van der Waals surface area contributed by atoms with E-state index in [1.54, 1.807) is 42.6 Å². The summed E-state index contributed by atoms with van der Waals surface area (Å²) in [6, 6.07) is 13.4. The van der Waals surface area contributed by atoms with Crippen LogP contribution in [0.2, 0.25) is 0 Å². The van der Waals surface area contributed by atoms with E-state index >= 15 is 0 Å². The van der Waals surface area contributed by atoms with Crippen LogP contribution in [-0.4, -0.2) is 26.7 Å².